The molecule has 2 aliphatic rings. The van der Waals surface area contributed by atoms with Crippen LogP contribution in [0, 0.1) is 0 Å². The fourth-order valence-corrected chi connectivity index (χ4v) is 6.13. The average molecular weight is 376 g/mol. The second-order valence-corrected chi connectivity index (χ2v) is 9.10. The van der Waals surface area contributed by atoms with Crippen LogP contribution in [0.4, 0.5) is 0 Å². The summed E-state index contributed by atoms with van der Waals surface area (Å²) in [6.45, 7) is 2.53. The lowest BCUT2D eigenvalue weighted by atomic mass is 10.1. The molecule has 0 spiro atoms. The molecule has 0 saturated carbocycles. The Kier molecular flexibility index (Phi) is 5.23. The first-order chi connectivity index (χ1) is 11.4. The normalized spacial score (nSPS) is 21.7. The third-order valence-electron chi connectivity index (χ3n) is 4.10. The molecule has 10 heteroatoms. The molecule has 0 amide bonds. The van der Waals surface area contributed by atoms with Crippen LogP contribution in [-0.2, 0) is 32.5 Å². The van der Waals surface area contributed by atoms with Gasteiger partial charge in [0, 0.05) is 25.0 Å². The molecule has 3 rings (SSSR count). The summed E-state index contributed by atoms with van der Waals surface area (Å²) in [7, 11) is -2.46. The molecule has 24 heavy (non-hydrogen) atoms. The highest BCUT2D eigenvalue weighted by Crippen LogP contribution is 2.35. The summed E-state index contributed by atoms with van der Waals surface area (Å²) in [6, 6.07) is 0. The van der Waals surface area contributed by atoms with E-state index < -0.39 is 16.0 Å². The molecule has 2 N–H and O–H groups in total. The van der Waals surface area contributed by atoms with E-state index >= 15 is 0 Å². The lowest BCUT2D eigenvalue weighted by Gasteiger charge is -2.26. The van der Waals surface area contributed by atoms with Gasteiger partial charge >= 0.3 is 5.97 Å². The number of nitrogens with zero attached hydrogens (tertiary/aromatic N) is 1. The number of aromatic carboxylic acids is 1. The van der Waals surface area contributed by atoms with Gasteiger partial charge in [-0.05, 0) is 18.5 Å². The monoisotopic (exact) mass is 376 g/mol. The molecule has 1 fully saturated rings. The van der Waals surface area contributed by atoms with Gasteiger partial charge in [-0.15, -0.1) is 11.3 Å². The number of ether oxygens (including phenoxy) is 2. The van der Waals surface area contributed by atoms with Crippen LogP contribution in [0.2, 0.25) is 0 Å². The van der Waals surface area contributed by atoms with Gasteiger partial charge in [0.15, 0.2) is 0 Å². The van der Waals surface area contributed by atoms with Gasteiger partial charge in [-0.1, -0.05) is 0 Å². The Morgan fingerprint density at radius 3 is 2.92 bits per heavy atom. The number of thiophene rings is 1. The highest BCUT2D eigenvalue weighted by atomic mass is 32.2. The van der Waals surface area contributed by atoms with E-state index in [1.807, 2.05) is 0 Å². The van der Waals surface area contributed by atoms with Crippen LogP contribution in [0.1, 0.15) is 20.8 Å². The smallest absolute Gasteiger partial charge is 0.338 e. The Bertz CT molecular complexity index is 724. The number of hydrogen-bond donors (Lipinski definition) is 2. The van der Waals surface area contributed by atoms with Crippen molar-refractivity contribution in [3.63, 3.8) is 0 Å². The van der Waals surface area contributed by atoms with Crippen LogP contribution in [0.25, 0.3) is 0 Å². The molecule has 134 valence electrons. The van der Waals surface area contributed by atoms with Crippen molar-refractivity contribution in [1.29, 1.82) is 0 Å². The molecular weight excluding hydrogens is 356 g/mol. The van der Waals surface area contributed by atoms with Crippen molar-refractivity contribution in [2.24, 2.45) is 0 Å². The van der Waals surface area contributed by atoms with Gasteiger partial charge in [-0.3, -0.25) is 0 Å². The summed E-state index contributed by atoms with van der Waals surface area (Å²) in [5.41, 5.74) is 0.555. The minimum atomic E-state index is -3.90. The summed E-state index contributed by atoms with van der Waals surface area (Å²) in [5, 5.41) is 12.7. The van der Waals surface area contributed by atoms with Crippen molar-refractivity contribution >= 4 is 27.3 Å². The molecule has 1 saturated heterocycles. The third kappa shape index (κ3) is 3.35. The van der Waals surface area contributed by atoms with Crippen molar-refractivity contribution in [2.75, 3.05) is 40.0 Å². The molecule has 0 aliphatic carbocycles. The Balaban J connectivity index is 1.91. The molecule has 0 radical (unpaired) electrons. The molecule has 1 unspecified atom stereocenters. The molecular formula is C14H20N2O6S2. The summed E-state index contributed by atoms with van der Waals surface area (Å²) in [5.74, 6) is -1.20. The number of rotatable bonds is 5. The fourth-order valence-electron chi connectivity index (χ4n) is 2.88. The Labute approximate surface area is 144 Å². The van der Waals surface area contributed by atoms with E-state index in [0.29, 0.717) is 44.9 Å². The lowest BCUT2D eigenvalue weighted by Crippen LogP contribution is -2.40. The predicted octanol–water partition coefficient (Wildman–Crippen LogP) is 0.128. The van der Waals surface area contributed by atoms with E-state index in [4.69, 9.17) is 9.47 Å². The number of carboxylic acids is 1. The maximum absolute atomic E-state index is 12.9. The average Bonchev–Trinajstić information content (AvgIpc) is 2.96. The van der Waals surface area contributed by atoms with E-state index in [1.165, 1.54) is 7.05 Å². The second-order valence-electron chi connectivity index (χ2n) is 5.75. The number of carboxylic acid groups (broad SMARTS) is 1. The molecule has 1 aromatic heterocycles. The van der Waals surface area contributed by atoms with Gasteiger partial charge in [-0.2, -0.15) is 4.31 Å². The zero-order valence-electron chi connectivity index (χ0n) is 13.3. The van der Waals surface area contributed by atoms with E-state index in [-0.39, 0.29) is 22.4 Å². The maximum Gasteiger partial charge on any atom is 0.338 e. The van der Waals surface area contributed by atoms with E-state index in [1.54, 1.807) is 0 Å². The quantitative estimate of drug-likeness (QED) is 0.752. The summed E-state index contributed by atoms with van der Waals surface area (Å²) in [6.07, 6.45) is 0.176. The number of carbonyl (C=O) groups is 1. The first-order valence-corrected chi connectivity index (χ1v) is 9.91. The highest BCUT2D eigenvalue weighted by Gasteiger charge is 2.35. The van der Waals surface area contributed by atoms with Crippen molar-refractivity contribution in [2.45, 2.75) is 23.3 Å². The van der Waals surface area contributed by atoms with Gasteiger partial charge in [0.05, 0.1) is 31.5 Å². The number of hydrogen-bond acceptors (Lipinski definition) is 7. The lowest BCUT2D eigenvalue weighted by molar-refractivity contribution is -0.0908. The molecule has 0 aromatic carbocycles. The van der Waals surface area contributed by atoms with Gasteiger partial charge in [-0.25, -0.2) is 13.2 Å². The number of likely N-dealkylation sites (N-methyl/N-ethyl adjacent to an activating group) is 1. The minimum absolute atomic E-state index is 0.0795. The van der Waals surface area contributed by atoms with Crippen molar-refractivity contribution in [3.8, 4) is 0 Å². The molecule has 1 aromatic rings. The number of sulfonamides is 1. The minimum Gasteiger partial charge on any atom is -0.478 e. The largest absolute Gasteiger partial charge is 0.478 e. The summed E-state index contributed by atoms with van der Waals surface area (Å²) >= 11 is 1.04. The molecule has 8 nitrogen and oxygen atoms in total. The van der Waals surface area contributed by atoms with Gasteiger partial charge in [0.2, 0.25) is 0 Å². The van der Waals surface area contributed by atoms with Crippen LogP contribution >= 0.6 is 11.3 Å². The van der Waals surface area contributed by atoms with Gasteiger partial charge in [0.1, 0.15) is 4.21 Å². The second kappa shape index (κ2) is 7.06. The molecule has 2 aliphatic heterocycles. The molecule has 3 heterocycles. The van der Waals surface area contributed by atoms with Crippen LogP contribution in [-0.4, -0.2) is 69.9 Å². The maximum atomic E-state index is 12.9. The van der Waals surface area contributed by atoms with Gasteiger partial charge in [0.25, 0.3) is 10.0 Å². The summed E-state index contributed by atoms with van der Waals surface area (Å²) in [4.78, 5) is 12.5. The van der Waals surface area contributed by atoms with E-state index in [9.17, 15) is 18.3 Å². The molecule has 1 atom stereocenters. The third-order valence-corrected chi connectivity index (χ3v) is 7.65. The van der Waals surface area contributed by atoms with Crippen LogP contribution < -0.4 is 5.32 Å². The zero-order valence-corrected chi connectivity index (χ0v) is 14.9. The van der Waals surface area contributed by atoms with Crippen molar-refractivity contribution in [1.82, 2.24) is 9.62 Å². The Hall–Kier alpha value is -1.04. The van der Waals surface area contributed by atoms with Crippen LogP contribution in [0.3, 0.4) is 0 Å². The highest BCUT2D eigenvalue weighted by molar-refractivity contribution is 7.91. The zero-order chi connectivity index (χ0) is 17.3. The first-order valence-electron chi connectivity index (χ1n) is 7.65. The van der Waals surface area contributed by atoms with E-state index in [0.717, 1.165) is 20.5 Å². The fraction of sp³-hybridized carbons (Fsp3) is 0.643. The van der Waals surface area contributed by atoms with E-state index in [2.05, 4.69) is 5.32 Å². The van der Waals surface area contributed by atoms with Crippen molar-refractivity contribution in [3.05, 3.63) is 16.0 Å². The standard InChI is InChI=1S/C14H20N2O6S2/c1-16(7-9-8-21-4-5-22-9)24(19,20)14-12(13(17)18)10-2-3-15-6-11(10)23-14/h9,15H,2-8H2,1H3,(H,17,18). The Morgan fingerprint density at radius 1 is 1.46 bits per heavy atom. The summed E-state index contributed by atoms with van der Waals surface area (Å²) < 4.78 is 37.6. The number of nitrogens with one attached hydrogen (secondary N) is 1. The van der Waals surface area contributed by atoms with Crippen LogP contribution in [0.5, 0.6) is 0 Å². The first kappa shape index (κ1) is 17.8. The Morgan fingerprint density at radius 2 is 2.25 bits per heavy atom. The molecule has 0 bridgehead atoms. The number of fused-ring (bicyclic) bond motifs is 1. The van der Waals surface area contributed by atoms with Gasteiger partial charge < -0.3 is 19.9 Å². The predicted molar refractivity (Wildman–Crippen MR) is 87.1 cm³/mol. The topological polar surface area (TPSA) is 105 Å². The van der Waals surface area contributed by atoms with Crippen LogP contribution in [0.15, 0.2) is 4.21 Å². The van der Waals surface area contributed by atoms with Crippen molar-refractivity contribution < 1.29 is 27.8 Å². The SMILES string of the molecule is CN(CC1COCCO1)S(=O)(=O)c1sc2c(c1C(=O)O)CCNC2.